The molecule has 9 heteroatoms. The lowest BCUT2D eigenvalue weighted by Gasteiger charge is -2.13. The van der Waals surface area contributed by atoms with Crippen LogP contribution in [0.25, 0.3) is 16.8 Å². The van der Waals surface area contributed by atoms with E-state index in [0.717, 1.165) is 37.9 Å². The normalized spacial score (nSPS) is 14.9. The van der Waals surface area contributed by atoms with E-state index >= 15 is 0 Å². The van der Waals surface area contributed by atoms with Crippen molar-refractivity contribution in [3.8, 4) is 16.9 Å². The molecule has 1 aliphatic carbocycles. The van der Waals surface area contributed by atoms with Gasteiger partial charge in [-0.3, -0.25) is 4.79 Å². The predicted octanol–water partition coefficient (Wildman–Crippen LogP) is 4.75. The van der Waals surface area contributed by atoms with Gasteiger partial charge in [-0.25, -0.2) is 9.37 Å². The Labute approximate surface area is 169 Å². The van der Waals surface area contributed by atoms with E-state index in [2.05, 4.69) is 10.3 Å². The SMILES string of the molecule is O=C(NC1CCCC1)c1cn2cc(F)cc(-c3ccccc3OCC(F)(F)F)c2n1. The van der Waals surface area contributed by atoms with Crippen molar-refractivity contribution in [2.24, 2.45) is 0 Å². The number of nitrogens with zero attached hydrogens (tertiary/aromatic N) is 2. The lowest BCUT2D eigenvalue weighted by molar-refractivity contribution is -0.153. The first-order valence-electron chi connectivity index (χ1n) is 9.58. The summed E-state index contributed by atoms with van der Waals surface area (Å²) < 4.78 is 58.4. The summed E-state index contributed by atoms with van der Waals surface area (Å²) in [5, 5.41) is 2.92. The lowest BCUT2D eigenvalue weighted by atomic mass is 10.1. The second kappa shape index (κ2) is 7.97. The molecule has 0 atom stereocenters. The average molecular weight is 421 g/mol. The summed E-state index contributed by atoms with van der Waals surface area (Å²) in [6.45, 7) is -1.47. The fourth-order valence-corrected chi connectivity index (χ4v) is 3.68. The first-order valence-corrected chi connectivity index (χ1v) is 9.58. The number of rotatable bonds is 5. The maximum atomic E-state index is 14.3. The van der Waals surface area contributed by atoms with Crippen LogP contribution in [0.5, 0.6) is 5.75 Å². The Morgan fingerprint density at radius 2 is 1.90 bits per heavy atom. The van der Waals surface area contributed by atoms with Crippen LogP contribution in [0.3, 0.4) is 0 Å². The van der Waals surface area contributed by atoms with Crippen LogP contribution in [0.4, 0.5) is 17.6 Å². The number of carbonyl (C=O) groups excluding carboxylic acids is 1. The van der Waals surface area contributed by atoms with E-state index in [4.69, 9.17) is 4.74 Å². The van der Waals surface area contributed by atoms with Crippen LogP contribution in [-0.4, -0.2) is 34.1 Å². The lowest BCUT2D eigenvalue weighted by Crippen LogP contribution is -2.32. The first kappa shape index (κ1) is 20.2. The third-order valence-electron chi connectivity index (χ3n) is 5.01. The van der Waals surface area contributed by atoms with Crippen molar-refractivity contribution in [2.45, 2.75) is 37.9 Å². The zero-order valence-corrected chi connectivity index (χ0v) is 15.9. The molecular formula is C21H19F4N3O2. The highest BCUT2D eigenvalue weighted by Crippen LogP contribution is 2.34. The molecule has 30 heavy (non-hydrogen) atoms. The molecule has 1 aliphatic rings. The number of amides is 1. The van der Waals surface area contributed by atoms with Crippen LogP contribution in [0.1, 0.15) is 36.2 Å². The third kappa shape index (κ3) is 4.39. The number of alkyl halides is 3. The number of pyridine rings is 1. The molecule has 4 rings (SSSR count). The smallest absolute Gasteiger partial charge is 0.422 e. The Bertz CT molecular complexity index is 1070. The van der Waals surface area contributed by atoms with E-state index in [9.17, 15) is 22.4 Å². The van der Waals surface area contributed by atoms with Crippen LogP contribution in [-0.2, 0) is 0 Å². The Kier molecular flexibility index (Phi) is 5.36. The van der Waals surface area contributed by atoms with Gasteiger partial charge < -0.3 is 14.5 Å². The summed E-state index contributed by atoms with van der Waals surface area (Å²) >= 11 is 0. The molecule has 0 radical (unpaired) electrons. The Hall–Kier alpha value is -3.10. The number of nitrogens with one attached hydrogen (secondary N) is 1. The standard InChI is InChI=1S/C21H19F4N3O2/c22-13-9-16(15-7-3-4-8-18(15)30-12-21(23,24)25)19-27-17(11-28(19)10-13)20(29)26-14-5-1-2-6-14/h3-4,7-11,14H,1-2,5-6,12H2,(H,26,29). The zero-order chi connectivity index (χ0) is 21.3. The second-order valence-electron chi connectivity index (χ2n) is 7.28. The maximum absolute atomic E-state index is 14.3. The minimum absolute atomic E-state index is 0.0534. The molecule has 2 heterocycles. The van der Waals surface area contributed by atoms with Gasteiger partial charge in [0.25, 0.3) is 5.91 Å². The summed E-state index contributed by atoms with van der Waals surface area (Å²) in [6.07, 6.45) is 1.98. The highest BCUT2D eigenvalue weighted by molar-refractivity contribution is 5.94. The number of benzene rings is 1. The Morgan fingerprint density at radius 1 is 1.17 bits per heavy atom. The van der Waals surface area contributed by atoms with Gasteiger partial charge in [0.1, 0.15) is 22.9 Å². The quantitative estimate of drug-likeness (QED) is 0.605. The maximum Gasteiger partial charge on any atom is 0.422 e. The minimum atomic E-state index is -4.51. The predicted molar refractivity (Wildman–Crippen MR) is 102 cm³/mol. The van der Waals surface area contributed by atoms with Gasteiger partial charge >= 0.3 is 6.18 Å². The monoisotopic (exact) mass is 421 g/mol. The van der Waals surface area contributed by atoms with Crippen LogP contribution in [0.2, 0.25) is 0 Å². The van der Waals surface area contributed by atoms with E-state index in [1.807, 2.05) is 0 Å². The Balaban J connectivity index is 1.71. The number of hydrogen-bond acceptors (Lipinski definition) is 3. The average Bonchev–Trinajstić information content (AvgIpc) is 3.35. The number of para-hydroxylation sites is 1. The summed E-state index contributed by atoms with van der Waals surface area (Å²) in [4.78, 5) is 16.9. The van der Waals surface area contributed by atoms with Crippen LogP contribution in [0, 0.1) is 5.82 Å². The van der Waals surface area contributed by atoms with Gasteiger partial charge in [-0.05, 0) is 25.0 Å². The number of carbonyl (C=O) groups is 1. The molecule has 0 spiro atoms. The van der Waals surface area contributed by atoms with Crippen LogP contribution in [0.15, 0.2) is 42.7 Å². The molecule has 5 nitrogen and oxygen atoms in total. The molecular weight excluding hydrogens is 402 g/mol. The van der Waals surface area contributed by atoms with E-state index in [-0.39, 0.29) is 40.2 Å². The zero-order valence-electron chi connectivity index (χ0n) is 15.9. The molecule has 0 saturated heterocycles. The Morgan fingerprint density at radius 3 is 2.63 bits per heavy atom. The number of halogens is 4. The topological polar surface area (TPSA) is 55.6 Å². The van der Waals surface area contributed by atoms with Gasteiger partial charge in [0.15, 0.2) is 6.61 Å². The molecule has 1 N–H and O–H groups in total. The molecule has 0 bridgehead atoms. The second-order valence-corrected chi connectivity index (χ2v) is 7.28. The number of imidazole rings is 1. The molecule has 158 valence electrons. The van der Waals surface area contributed by atoms with Gasteiger partial charge in [-0.2, -0.15) is 13.2 Å². The highest BCUT2D eigenvalue weighted by Gasteiger charge is 2.29. The molecule has 1 fully saturated rings. The summed E-state index contributed by atoms with van der Waals surface area (Å²) in [5.74, 6) is -1.04. The van der Waals surface area contributed by atoms with Crippen molar-refractivity contribution in [3.05, 3.63) is 54.2 Å². The summed E-state index contributed by atoms with van der Waals surface area (Å²) in [6, 6.07) is 7.28. The van der Waals surface area contributed by atoms with Crippen LogP contribution < -0.4 is 10.1 Å². The van der Waals surface area contributed by atoms with E-state index in [1.165, 1.54) is 28.8 Å². The van der Waals surface area contributed by atoms with Crippen LogP contribution >= 0.6 is 0 Å². The minimum Gasteiger partial charge on any atom is -0.483 e. The number of hydrogen-bond donors (Lipinski definition) is 1. The van der Waals surface area contributed by atoms with Crippen molar-refractivity contribution in [2.75, 3.05) is 6.61 Å². The molecule has 0 aliphatic heterocycles. The van der Waals surface area contributed by atoms with Crippen molar-refractivity contribution >= 4 is 11.6 Å². The van der Waals surface area contributed by atoms with Crippen molar-refractivity contribution in [1.82, 2.24) is 14.7 Å². The molecule has 1 aromatic carbocycles. The van der Waals surface area contributed by atoms with E-state index in [0.29, 0.717) is 0 Å². The first-order chi connectivity index (χ1) is 14.3. The van der Waals surface area contributed by atoms with Gasteiger partial charge in [-0.1, -0.05) is 31.0 Å². The van der Waals surface area contributed by atoms with Gasteiger partial charge in [0.2, 0.25) is 0 Å². The van der Waals surface area contributed by atoms with Gasteiger partial charge in [-0.15, -0.1) is 0 Å². The van der Waals surface area contributed by atoms with Gasteiger partial charge in [0, 0.05) is 29.6 Å². The van der Waals surface area contributed by atoms with E-state index in [1.54, 1.807) is 6.07 Å². The number of aromatic nitrogens is 2. The van der Waals surface area contributed by atoms with E-state index < -0.39 is 18.6 Å². The molecule has 1 amide bonds. The molecule has 1 saturated carbocycles. The molecule has 3 aromatic rings. The summed E-state index contributed by atoms with van der Waals surface area (Å²) in [5.41, 5.74) is 0.839. The summed E-state index contributed by atoms with van der Waals surface area (Å²) in [7, 11) is 0. The number of fused-ring (bicyclic) bond motifs is 1. The number of ether oxygens (including phenoxy) is 1. The highest BCUT2D eigenvalue weighted by atomic mass is 19.4. The van der Waals surface area contributed by atoms with Crippen molar-refractivity contribution < 1.29 is 27.1 Å². The third-order valence-corrected chi connectivity index (χ3v) is 5.01. The molecule has 2 aromatic heterocycles. The fourth-order valence-electron chi connectivity index (χ4n) is 3.68. The molecule has 0 unspecified atom stereocenters. The van der Waals surface area contributed by atoms with Crippen molar-refractivity contribution in [3.63, 3.8) is 0 Å². The fraction of sp³-hybridized carbons (Fsp3) is 0.333. The van der Waals surface area contributed by atoms with Crippen molar-refractivity contribution in [1.29, 1.82) is 0 Å². The van der Waals surface area contributed by atoms with Gasteiger partial charge in [0.05, 0.1) is 0 Å². The largest absolute Gasteiger partial charge is 0.483 e.